The lowest BCUT2D eigenvalue weighted by Crippen LogP contribution is -2.45. The van der Waals surface area contributed by atoms with Crippen LogP contribution in [0.5, 0.6) is 5.75 Å². The zero-order valence-corrected chi connectivity index (χ0v) is 20.7. The number of hydrogen-bond acceptors (Lipinski definition) is 5. The fourth-order valence-electron chi connectivity index (χ4n) is 5.24. The van der Waals surface area contributed by atoms with E-state index in [0.29, 0.717) is 12.5 Å². The summed E-state index contributed by atoms with van der Waals surface area (Å²) in [5, 5.41) is 10.6. The van der Waals surface area contributed by atoms with Crippen molar-refractivity contribution < 1.29 is 14.6 Å². The van der Waals surface area contributed by atoms with Gasteiger partial charge in [-0.05, 0) is 86.5 Å². The third-order valence-electron chi connectivity index (χ3n) is 7.26. The number of halogens is 1. The fourth-order valence-corrected chi connectivity index (χ4v) is 5.47. The molecule has 1 unspecified atom stereocenters. The third-order valence-corrected chi connectivity index (χ3v) is 7.50. The molecule has 0 amide bonds. The molecule has 0 aromatic heterocycles. The van der Waals surface area contributed by atoms with E-state index in [1.54, 1.807) is 0 Å². The number of likely N-dealkylation sites (tertiary alicyclic amines) is 2. The summed E-state index contributed by atoms with van der Waals surface area (Å²) in [6.45, 7) is 7.31. The number of nitrogens with two attached hydrogens (primary N) is 1. The molecule has 2 aromatic rings. The summed E-state index contributed by atoms with van der Waals surface area (Å²) in [4.78, 5) is 16.7. The van der Waals surface area contributed by atoms with Crippen molar-refractivity contribution in [1.29, 1.82) is 0 Å². The molecule has 2 fully saturated rings. The lowest BCUT2D eigenvalue weighted by atomic mass is 9.92. The topological polar surface area (TPSA) is 79.0 Å². The van der Waals surface area contributed by atoms with E-state index in [2.05, 4.69) is 9.80 Å². The van der Waals surface area contributed by atoms with Crippen molar-refractivity contribution in [3.8, 4) is 5.75 Å². The zero-order valence-electron chi connectivity index (χ0n) is 20.0. The van der Waals surface area contributed by atoms with Gasteiger partial charge in [-0.2, -0.15) is 0 Å². The van der Waals surface area contributed by atoms with E-state index in [9.17, 15) is 9.90 Å². The zero-order chi connectivity index (χ0) is 24.1. The van der Waals surface area contributed by atoms with Crippen molar-refractivity contribution in [2.24, 2.45) is 11.7 Å². The third kappa shape index (κ3) is 6.30. The van der Waals surface area contributed by atoms with Crippen LogP contribution in [0.15, 0.2) is 42.5 Å². The number of carboxylic acid groups (broad SMARTS) is 1. The summed E-state index contributed by atoms with van der Waals surface area (Å²) < 4.78 is 6.24. The monoisotopic (exact) mass is 485 g/mol. The Bertz CT molecular complexity index is 952. The molecule has 2 saturated heterocycles. The molecule has 0 aliphatic carbocycles. The highest BCUT2D eigenvalue weighted by Gasteiger charge is 2.32. The Morgan fingerprint density at radius 1 is 1.09 bits per heavy atom. The molecule has 184 valence electrons. The second-order valence-corrected chi connectivity index (χ2v) is 10.1. The number of piperidine rings is 2. The molecule has 6 nitrogen and oxygen atoms in total. The van der Waals surface area contributed by atoms with Gasteiger partial charge in [-0.1, -0.05) is 35.9 Å². The maximum absolute atomic E-state index is 12.1. The van der Waals surface area contributed by atoms with Crippen molar-refractivity contribution >= 4 is 17.6 Å². The van der Waals surface area contributed by atoms with Gasteiger partial charge in [0.1, 0.15) is 17.9 Å². The van der Waals surface area contributed by atoms with Gasteiger partial charge in [0.2, 0.25) is 0 Å². The van der Waals surface area contributed by atoms with Crippen LogP contribution in [0.4, 0.5) is 0 Å². The normalized spacial score (nSPS) is 19.7. The highest BCUT2D eigenvalue weighted by molar-refractivity contribution is 6.30. The molecule has 0 saturated carbocycles. The predicted molar refractivity (Wildman–Crippen MR) is 135 cm³/mol. The van der Waals surface area contributed by atoms with Gasteiger partial charge in [0.15, 0.2) is 0 Å². The molecule has 0 radical (unpaired) electrons. The van der Waals surface area contributed by atoms with Crippen molar-refractivity contribution in [1.82, 2.24) is 9.80 Å². The van der Waals surface area contributed by atoms with Crippen LogP contribution in [0.25, 0.3) is 0 Å². The van der Waals surface area contributed by atoms with Crippen molar-refractivity contribution in [2.75, 3.05) is 32.7 Å². The molecule has 7 heteroatoms. The summed E-state index contributed by atoms with van der Waals surface area (Å²) in [6.07, 6.45) is 4.37. The highest BCUT2D eigenvalue weighted by Crippen LogP contribution is 2.29. The van der Waals surface area contributed by atoms with Gasteiger partial charge in [-0.3, -0.25) is 9.69 Å². The van der Waals surface area contributed by atoms with Crippen LogP contribution in [0.3, 0.4) is 0 Å². The first-order valence-corrected chi connectivity index (χ1v) is 12.7. The summed E-state index contributed by atoms with van der Waals surface area (Å²) in [5.74, 6) is 0.763. The number of rotatable bonds is 8. The van der Waals surface area contributed by atoms with E-state index in [-0.39, 0.29) is 6.10 Å². The van der Waals surface area contributed by atoms with Gasteiger partial charge < -0.3 is 20.5 Å². The lowest BCUT2D eigenvalue weighted by Gasteiger charge is -2.39. The molecule has 3 N–H and O–H groups in total. The first-order chi connectivity index (χ1) is 16.4. The molecule has 34 heavy (non-hydrogen) atoms. The van der Waals surface area contributed by atoms with E-state index in [0.717, 1.165) is 85.9 Å². The molecule has 1 atom stereocenters. The van der Waals surface area contributed by atoms with Crippen LogP contribution in [0.2, 0.25) is 5.02 Å². The molecule has 2 heterocycles. The summed E-state index contributed by atoms with van der Waals surface area (Å²) >= 11 is 6.06. The molecular weight excluding hydrogens is 450 g/mol. The predicted octanol–water partition coefficient (Wildman–Crippen LogP) is 4.49. The molecule has 0 spiro atoms. The highest BCUT2D eigenvalue weighted by atomic mass is 35.5. The number of aryl methyl sites for hydroxylation is 1. The first-order valence-electron chi connectivity index (χ1n) is 12.3. The standard InChI is InChI=1S/C27H36ClN3O3/c1-19-16-23(28)6-7-25(19)34-24-10-12-30(13-11-24)18-21-8-14-31(15-9-21)26(27(32)33)22-4-2-20(17-29)3-5-22/h2-7,16,21,24,26H,8-15,17-18,29H2,1H3,(H,32,33). The average molecular weight is 486 g/mol. The smallest absolute Gasteiger partial charge is 0.325 e. The number of hydrogen-bond donors (Lipinski definition) is 2. The van der Waals surface area contributed by atoms with Gasteiger partial charge in [-0.25, -0.2) is 0 Å². The van der Waals surface area contributed by atoms with Crippen LogP contribution in [0, 0.1) is 12.8 Å². The van der Waals surface area contributed by atoms with E-state index in [1.807, 2.05) is 49.4 Å². The SMILES string of the molecule is Cc1cc(Cl)ccc1OC1CCN(CC2CCN(C(C(=O)O)c3ccc(CN)cc3)CC2)CC1. The van der Waals surface area contributed by atoms with Crippen molar-refractivity contribution in [2.45, 2.75) is 51.3 Å². The second kappa shape index (κ2) is 11.5. The van der Waals surface area contributed by atoms with E-state index in [4.69, 9.17) is 22.1 Å². The number of ether oxygens (including phenoxy) is 1. The number of carbonyl (C=O) groups is 1. The van der Waals surface area contributed by atoms with Gasteiger partial charge in [0.05, 0.1) is 0 Å². The largest absolute Gasteiger partial charge is 0.490 e. The van der Waals surface area contributed by atoms with Gasteiger partial charge >= 0.3 is 5.97 Å². The van der Waals surface area contributed by atoms with Crippen LogP contribution >= 0.6 is 11.6 Å². The van der Waals surface area contributed by atoms with Gasteiger partial charge in [0.25, 0.3) is 0 Å². The van der Waals surface area contributed by atoms with Gasteiger partial charge in [-0.15, -0.1) is 0 Å². The Morgan fingerprint density at radius 3 is 2.35 bits per heavy atom. The maximum atomic E-state index is 12.1. The minimum atomic E-state index is -0.781. The second-order valence-electron chi connectivity index (χ2n) is 9.69. The molecule has 2 aliphatic rings. The summed E-state index contributed by atoms with van der Waals surface area (Å²) in [6, 6.07) is 12.9. The van der Waals surface area contributed by atoms with Crippen LogP contribution in [0.1, 0.15) is 48.4 Å². The number of carboxylic acids is 1. The Labute approximate surface area is 207 Å². The van der Waals surface area contributed by atoms with E-state index in [1.165, 1.54) is 0 Å². The Morgan fingerprint density at radius 2 is 1.76 bits per heavy atom. The molecule has 0 bridgehead atoms. The lowest BCUT2D eigenvalue weighted by molar-refractivity contribution is -0.144. The Kier molecular flexibility index (Phi) is 8.48. The quantitative estimate of drug-likeness (QED) is 0.573. The number of nitrogens with zero attached hydrogens (tertiary/aromatic N) is 2. The average Bonchev–Trinajstić information content (AvgIpc) is 2.83. The van der Waals surface area contributed by atoms with Crippen LogP contribution in [-0.2, 0) is 11.3 Å². The van der Waals surface area contributed by atoms with Crippen molar-refractivity contribution in [3.05, 3.63) is 64.2 Å². The summed E-state index contributed by atoms with van der Waals surface area (Å²) in [5.41, 5.74) is 8.61. The number of benzene rings is 2. The first kappa shape index (κ1) is 25.0. The van der Waals surface area contributed by atoms with Crippen molar-refractivity contribution in [3.63, 3.8) is 0 Å². The Hall–Kier alpha value is -2.12. The Balaban J connectivity index is 1.23. The van der Waals surface area contributed by atoms with Crippen LogP contribution in [-0.4, -0.2) is 59.7 Å². The molecule has 2 aromatic carbocycles. The van der Waals surface area contributed by atoms with E-state index >= 15 is 0 Å². The summed E-state index contributed by atoms with van der Waals surface area (Å²) in [7, 11) is 0. The minimum absolute atomic E-state index is 0.250. The molecular formula is C27H36ClN3O3. The van der Waals surface area contributed by atoms with E-state index < -0.39 is 12.0 Å². The van der Waals surface area contributed by atoms with Gasteiger partial charge in [0, 0.05) is 31.2 Å². The maximum Gasteiger partial charge on any atom is 0.325 e. The fraction of sp³-hybridized carbons (Fsp3) is 0.519. The number of aliphatic carboxylic acids is 1. The molecule has 2 aliphatic heterocycles. The minimum Gasteiger partial charge on any atom is -0.490 e. The molecule has 4 rings (SSSR count). The van der Waals surface area contributed by atoms with Crippen LogP contribution < -0.4 is 10.5 Å².